The zero-order chi connectivity index (χ0) is 43.1. The van der Waals surface area contributed by atoms with Crippen LogP contribution in [0.4, 0.5) is 15.3 Å². The lowest BCUT2D eigenvalue weighted by molar-refractivity contribution is 0.0561. The molecule has 0 bridgehead atoms. The average molecular weight is 796 g/mol. The van der Waals surface area contributed by atoms with E-state index in [1.807, 2.05) is 24.3 Å². The minimum atomic E-state index is -0.929. The first-order chi connectivity index (χ1) is 26.8. The van der Waals surface area contributed by atoms with Gasteiger partial charge in [-0.15, -0.1) is 4.99 Å². The van der Waals surface area contributed by atoms with Gasteiger partial charge in [-0.1, -0.05) is 59.7 Å². The Hall–Kier alpha value is -5.98. The molecule has 58 heavy (non-hydrogen) atoms. The Balaban J connectivity index is 1.46. The molecule has 0 saturated heterocycles. The van der Waals surface area contributed by atoms with E-state index in [2.05, 4.69) is 62.2 Å². The molecule has 4 rings (SSSR count). The van der Waals surface area contributed by atoms with Crippen molar-refractivity contribution in [3.05, 3.63) is 95.7 Å². The topological polar surface area (TPSA) is 158 Å². The maximum absolute atomic E-state index is 14.0. The number of carbonyl (C=O) groups excluding carboxylic acids is 4. The number of nitrogens with one attached hydrogen (secondary N) is 2. The minimum absolute atomic E-state index is 0.0133. The van der Waals surface area contributed by atoms with Crippen LogP contribution < -0.4 is 20.1 Å². The van der Waals surface area contributed by atoms with Gasteiger partial charge in [0.05, 0.1) is 17.7 Å². The van der Waals surface area contributed by atoms with Gasteiger partial charge in [-0.3, -0.25) is 10.1 Å². The van der Waals surface area contributed by atoms with Crippen LogP contribution in [0.2, 0.25) is 0 Å². The van der Waals surface area contributed by atoms with Gasteiger partial charge in [0.15, 0.2) is 0 Å². The highest BCUT2D eigenvalue weighted by molar-refractivity contribution is 6.06. The summed E-state index contributed by atoms with van der Waals surface area (Å²) in [5.41, 5.74) is 0.699. The van der Waals surface area contributed by atoms with E-state index in [0.717, 1.165) is 11.3 Å². The Bertz CT molecular complexity index is 2140. The molecule has 0 aliphatic heterocycles. The number of nitrogens with zero attached hydrogens (tertiary/aromatic N) is 3. The van der Waals surface area contributed by atoms with Gasteiger partial charge in [-0.2, -0.15) is 0 Å². The highest BCUT2D eigenvalue weighted by Crippen LogP contribution is 2.25. The number of amides is 3. The zero-order valence-corrected chi connectivity index (χ0v) is 35.7. The van der Waals surface area contributed by atoms with E-state index in [1.165, 1.54) is 12.1 Å². The van der Waals surface area contributed by atoms with Crippen LogP contribution in [0.25, 0.3) is 10.9 Å². The van der Waals surface area contributed by atoms with Crippen LogP contribution in [0.5, 0.6) is 11.5 Å². The number of esters is 1. The number of carbonyl (C=O) groups is 4. The molecule has 0 fully saturated rings. The number of alkyl carbamates (subject to hydrolysis) is 1. The predicted octanol–water partition coefficient (Wildman–Crippen LogP) is 9.80. The van der Waals surface area contributed by atoms with Crippen LogP contribution in [-0.2, 0) is 16.0 Å². The third kappa shape index (κ3) is 15.2. The van der Waals surface area contributed by atoms with E-state index < -0.39 is 29.4 Å². The number of hydrogen-bond donors (Lipinski definition) is 2. The maximum Gasteiger partial charge on any atom is 0.437 e. The molecular formula is C45H57N5O8. The van der Waals surface area contributed by atoms with Gasteiger partial charge in [0.2, 0.25) is 5.96 Å². The molecule has 1 aromatic heterocycles. The predicted molar refractivity (Wildman–Crippen MR) is 225 cm³/mol. The Morgan fingerprint density at radius 3 is 2.02 bits per heavy atom. The molecule has 3 aromatic carbocycles. The van der Waals surface area contributed by atoms with Gasteiger partial charge >= 0.3 is 18.2 Å². The Morgan fingerprint density at radius 1 is 0.724 bits per heavy atom. The van der Waals surface area contributed by atoms with Crippen molar-refractivity contribution in [1.29, 1.82) is 0 Å². The molecule has 310 valence electrons. The third-order valence-electron chi connectivity index (χ3n) is 7.59. The number of ether oxygens (including phenoxy) is 4. The van der Waals surface area contributed by atoms with Crippen LogP contribution in [0, 0.1) is 10.8 Å². The number of guanidine groups is 1. The molecule has 4 aromatic rings. The normalized spacial score (nSPS) is 12.4. The summed E-state index contributed by atoms with van der Waals surface area (Å²) in [6, 6.07) is 22.4. The van der Waals surface area contributed by atoms with Crippen LogP contribution in [-0.4, -0.2) is 64.3 Å². The molecule has 13 nitrogen and oxygen atoms in total. The summed E-state index contributed by atoms with van der Waals surface area (Å²) >= 11 is 0. The van der Waals surface area contributed by atoms with E-state index >= 15 is 0 Å². The molecule has 0 unspecified atom stereocenters. The number of aromatic nitrogens is 1. The summed E-state index contributed by atoms with van der Waals surface area (Å²) in [7, 11) is 0. The number of anilines is 1. The van der Waals surface area contributed by atoms with Gasteiger partial charge < -0.3 is 29.2 Å². The second kappa shape index (κ2) is 18.1. The number of benzene rings is 3. The van der Waals surface area contributed by atoms with E-state index in [1.54, 1.807) is 88.9 Å². The van der Waals surface area contributed by atoms with Crippen molar-refractivity contribution in [3.8, 4) is 11.5 Å². The zero-order valence-electron chi connectivity index (χ0n) is 35.7. The van der Waals surface area contributed by atoms with Crippen molar-refractivity contribution in [2.75, 3.05) is 18.5 Å². The van der Waals surface area contributed by atoms with E-state index in [9.17, 15) is 19.2 Å². The van der Waals surface area contributed by atoms with Gasteiger partial charge in [0, 0.05) is 24.2 Å². The second-order valence-corrected chi connectivity index (χ2v) is 18.4. The molecule has 0 aliphatic carbocycles. The molecule has 0 radical (unpaired) electrons. The first-order valence-corrected chi connectivity index (χ1v) is 19.1. The summed E-state index contributed by atoms with van der Waals surface area (Å²) in [5.74, 6) is -0.00416. The first-order valence-electron chi connectivity index (χ1n) is 19.1. The molecule has 1 heterocycles. The summed E-state index contributed by atoms with van der Waals surface area (Å²) in [4.78, 5) is 62.3. The molecule has 2 N–H and O–H groups in total. The standard InChI is InChI=1S/C45H57N5O8/c1-42(2,3)27-50(26-29-14-13-15-33(24-29)55-28-43(4,5)6)37(51)36-22-18-31-25-34(21-23-35(31)47-36)56-38(52)30-16-19-32(20-17-30)46-39(48-40(53)57-44(7,8)9)49-41(54)58-45(10,11)12/h13-25H,26-28H2,1-12H3,(H2,46,48,49,53,54). The molecule has 0 atom stereocenters. The molecule has 0 aliphatic rings. The fraction of sp³-hybridized carbons (Fsp3) is 0.422. The third-order valence-corrected chi connectivity index (χ3v) is 7.59. The lowest BCUT2D eigenvalue weighted by Gasteiger charge is -2.30. The Morgan fingerprint density at radius 2 is 1.40 bits per heavy atom. The monoisotopic (exact) mass is 795 g/mol. The Kier molecular flexibility index (Phi) is 13.9. The van der Waals surface area contributed by atoms with E-state index in [4.69, 9.17) is 18.9 Å². The quantitative estimate of drug-likeness (QED) is 0.0723. The van der Waals surface area contributed by atoms with Gasteiger partial charge in [0.1, 0.15) is 28.4 Å². The van der Waals surface area contributed by atoms with Crippen molar-refractivity contribution in [3.63, 3.8) is 0 Å². The summed E-state index contributed by atoms with van der Waals surface area (Å²) in [6.07, 6.45) is -1.76. The minimum Gasteiger partial charge on any atom is -0.493 e. The van der Waals surface area contributed by atoms with E-state index in [-0.39, 0.29) is 34.0 Å². The van der Waals surface area contributed by atoms with Gasteiger partial charge in [0.25, 0.3) is 5.91 Å². The highest BCUT2D eigenvalue weighted by atomic mass is 16.6. The second-order valence-electron chi connectivity index (χ2n) is 18.4. The summed E-state index contributed by atoms with van der Waals surface area (Å²) in [6.45, 7) is 24.3. The summed E-state index contributed by atoms with van der Waals surface area (Å²) < 4.78 is 22.3. The first kappa shape index (κ1) is 44.7. The molecule has 13 heteroatoms. The molecular weight excluding hydrogens is 739 g/mol. The molecule has 0 spiro atoms. The van der Waals surface area contributed by atoms with Crippen LogP contribution in [0.15, 0.2) is 83.9 Å². The number of fused-ring (bicyclic) bond motifs is 1. The highest BCUT2D eigenvalue weighted by Gasteiger charge is 2.25. The average Bonchev–Trinajstić information content (AvgIpc) is 3.08. The maximum atomic E-state index is 14.0. The van der Waals surface area contributed by atoms with Crippen LogP contribution >= 0.6 is 0 Å². The largest absolute Gasteiger partial charge is 0.493 e. The van der Waals surface area contributed by atoms with Crippen molar-refractivity contribution in [1.82, 2.24) is 15.2 Å². The van der Waals surface area contributed by atoms with Gasteiger partial charge in [-0.25, -0.2) is 19.4 Å². The fourth-order valence-electron chi connectivity index (χ4n) is 5.33. The fourth-order valence-corrected chi connectivity index (χ4v) is 5.33. The van der Waals surface area contributed by atoms with Crippen LogP contribution in [0.1, 0.15) is 109 Å². The molecule has 3 amide bonds. The number of rotatable bonds is 9. The SMILES string of the molecule is CC(C)(C)COc1cccc(CN(CC(C)(C)C)C(=O)c2ccc3cc(OC(=O)c4ccc(N/C(=N\C(=O)OC(C)(C)C)NC(=O)OC(C)(C)C)cc4)ccc3n2)c1. The lowest BCUT2D eigenvalue weighted by Crippen LogP contribution is -2.40. The lowest BCUT2D eigenvalue weighted by atomic mass is 9.95. The van der Waals surface area contributed by atoms with Crippen molar-refractivity contribution in [2.45, 2.75) is 101 Å². The van der Waals surface area contributed by atoms with Crippen molar-refractivity contribution < 1.29 is 38.1 Å². The van der Waals surface area contributed by atoms with Crippen LogP contribution in [0.3, 0.4) is 0 Å². The number of aliphatic imine (C=N–C) groups is 1. The van der Waals surface area contributed by atoms with Crippen molar-refractivity contribution in [2.24, 2.45) is 15.8 Å². The van der Waals surface area contributed by atoms with Crippen molar-refractivity contribution >= 4 is 46.6 Å². The summed E-state index contributed by atoms with van der Waals surface area (Å²) in [5, 5.41) is 5.95. The number of hydrogen-bond acceptors (Lipinski definition) is 9. The molecule has 0 saturated carbocycles. The number of pyridine rings is 1. The Labute approximate surface area is 341 Å². The van der Waals surface area contributed by atoms with Gasteiger partial charge in [-0.05, 0) is 119 Å². The smallest absolute Gasteiger partial charge is 0.437 e. The van der Waals surface area contributed by atoms with E-state index in [0.29, 0.717) is 42.0 Å².